The molecule has 2 aromatic rings. The number of carbonyl (C=O) groups is 2. The van der Waals surface area contributed by atoms with Crippen molar-refractivity contribution in [1.82, 2.24) is 15.6 Å². The van der Waals surface area contributed by atoms with Crippen molar-refractivity contribution >= 4 is 17.6 Å². The maximum Gasteiger partial charge on any atom is 0.353 e. The molecule has 1 amide bonds. The lowest BCUT2D eigenvalue weighted by Gasteiger charge is -2.37. The van der Waals surface area contributed by atoms with E-state index in [0.717, 1.165) is 62.5 Å². The van der Waals surface area contributed by atoms with E-state index in [9.17, 15) is 14.7 Å². The van der Waals surface area contributed by atoms with E-state index in [4.69, 9.17) is 15.2 Å². The highest BCUT2D eigenvalue weighted by Crippen LogP contribution is 2.27. The van der Waals surface area contributed by atoms with Gasteiger partial charge in [0.05, 0.1) is 43.5 Å². The molecule has 5 N–H and O–H groups in total. The Hall–Kier alpha value is -3.73. The minimum atomic E-state index is -1.21. The van der Waals surface area contributed by atoms with Crippen LogP contribution in [0.15, 0.2) is 78.0 Å². The van der Waals surface area contributed by atoms with Crippen molar-refractivity contribution < 1.29 is 24.2 Å². The SMILES string of the molecule is C=C(N[C@H]1CCCC[C@@H]1OCc1ccccc1)C1C(N)C(C(=O)O)=NN1CC(=O)N[C@H]1CCCC[C@@H]1OCc1ccccc1. The number of amides is 1. The number of benzene rings is 2. The van der Waals surface area contributed by atoms with Gasteiger partial charge < -0.3 is 30.9 Å². The predicted molar refractivity (Wildman–Crippen MR) is 169 cm³/mol. The number of nitrogens with two attached hydrogens (primary N) is 1. The van der Waals surface area contributed by atoms with E-state index in [1.54, 1.807) is 0 Å². The van der Waals surface area contributed by atoms with E-state index in [1.807, 2.05) is 60.7 Å². The fourth-order valence-electron chi connectivity index (χ4n) is 6.52. The molecule has 0 radical (unpaired) electrons. The molecule has 3 aliphatic rings. The first-order valence-electron chi connectivity index (χ1n) is 15.8. The maximum atomic E-state index is 13.4. The molecule has 5 rings (SSSR count). The maximum absolute atomic E-state index is 13.4. The summed E-state index contributed by atoms with van der Waals surface area (Å²) in [7, 11) is 0. The molecule has 44 heavy (non-hydrogen) atoms. The number of hydrogen-bond donors (Lipinski definition) is 4. The van der Waals surface area contributed by atoms with Gasteiger partial charge in [-0.05, 0) is 36.8 Å². The molecule has 1 heterocycles. The molecular formula is C34H45N5O5. The van der Waals surface area contributed by atoms with Crippen LogP contribution < -0.4 is 16.4 Å². The van der Waals surface area contributed by atoms with Gasteiger partial charge in [-0.2, -0.15) is 5.10 Å². The Labute approximate surface area is 259 Å². The summed E-state index contributed by atoms with van der Waals surface area (Å²) in [5.74, 6) is -1.46. The molecular weight excluding hydrogens is 558 g/mol. The number of nitrogens with zero attached hydrogens (tertiary/aromatic N) is 2. The third-order valence-electron chi connectivity index (χ3n) is 8.83. The van der Waals surface area contributed by atoms with Gasteiger partial charge in [0.25, 0.3) is 0 Å². The number of carboxylic acid groups (broad SMARTS) is 1. The Bertz CT molecular complexity index is 1290. The van der Waals surface area contributed by atoms with Crippen molar-refractivity contribution in [2.45, 2.75) is 101 Å². The summed E-state index contributed by atoms with van der Waals surface area (Å²) < 4.78 is 12.5. The molecule has 2 unspecified atom stereocenters. The van der Waals surface area contributed by atoms with E-state index >= 15 is 0 Å². The first-order valence-corrected chi connectivity index (χ1v) is 15.8. The molecule has 0 bridgehead atoms. The van der Waals surface area contributed by atoms with E-state index in [1.165, 1.54) is 5.01 Å². The van der Waals surface area contributed by atoms with E-state index in [0.29, 0.717) is 18.9 Å². The molecule has 0 aromatic heterocycles. The van der Waals surface area contributed by atoms with Crippen LogP contribution in [0.1, 0.15) is 62.5 Å². The van der Waals surface area contributed by atoms with Crippen LogP contribution in [0.25, 0.3) is 0 Å². The molecule has 2 aromatic carbocycles. The topological polar surface area (TPSA) is 139 Å². The summed E-state index contributed by atoms with van der Waals surface area (Å²) in [5, 5.41) is 22.2. The fraction of sp³-hybridized carbons (Fsp3) is 0.500. The first kappa shape index (κ1) is 31.7. The highest BCUT2D eigenvalue weighted by Gasteiger charge is 2.42. The smallest absolute Gasteiger partial charge is 0.353 e. The van der Waals surface area contributed by atoms with Crippen molar-refractivity contribution in [2.75, 3.05) is 6.54 Å². The zero-order valence-electron chi connectivity index (χ0n) is 25.3. The van der Waals surface area contributed by atoms with Gasteiger partial charge in [0.2, 0.25) is 5.91 Å². The first-order chi connectivity index (χ1) is 21.4. The normalized spacial score (nSPS) is 26.9. The summed E-state index contributed by atoms with van der Waals surface area (Å²) in [6.45, 7) is 5.11. The fourth-order valence-corrected chi connectivity index (χ4v) is 6.52. The van der Waals surface area contributed by atoms with Gasteiger partial charge in [-0.3, -0.25) is 9.80 Å². The van der Waals surface area contributed by atoms with Crippen molar-refractivity contribution in [3.8, 4) is 0 Å². The van der Waals surface area contributed by atoms with Gasteiger partial charge in [-0.15, -0.1) is 0 Å². The van der Waals surface area contributed by atoms with Gasteiger partial charge in [0, 0.05) is 5.70 Å². The monoisotopic (exact) mass is 603 g/mol. The summed E-state index contributed by atoms with van der Waals surface area (Å²) >= 11 is 0. The van der Waals surface area contributed by atoms with Gasteiger partial charge >= 0.3 is 5.97 Å². The summed E-state index contributed by atoms with van der Waals surface area (Å²) in [4.78, 5) is 25.4. The van der Waals surface area contributed by atoms with Crippen LogP contribution in [0.2, 0.25) is 0 Å². The zero-order valence-corrected chi connectivity index (χ0v) is 25.3. The standard InChI is InChI=1S/C34H45N5O5/c1-23(36-26-16-8-10-18-28(26)43-21-24-12-4-2-5-13-24)33-31(35)32(34(41)42)38-39(33)20-30(40)37-27-17-9-11-19-29(27)44-22-25-14-6-3-7-15-25/h2-7,12-15,26-29,31,33,36H,1,8-11,16-22,35H2,(H,37,40)(H,41,42)/t26-,27-,28-,29-,31?,33?/m0/s1. The Morgan fingerprint density at radius 1 is 0.841 bits per heavy atom. The minimum Gasteiger partial charge on any atom is -0.477 e. The number of hydrazone groups is 1. The number of carboxylic acids is 1. The number of nitrogens with one attached hydrogen (secondary N) is 2. The van der Waals surface area contributed by atoms with E-state index in [2.05, 4.69) is 22.3 Å². The second kappa shape index (κ2) is 15.3. The van der Waals surface area contributed by atoms with E-state index < -0.39 is 18.1 Å². The Morgan fingerprint density at radius 3 is 1.86 bits per heavy atom. The van der Waals surface area contributed by atoms with Crippen molar-refractivity contribution in [1.29, 1.82) is 0 Å². The molecule has 0 spiro atoms. The summed E-state index contributed by atoms with van der Waals surface area (Å²) in [6, 6.07) is 18.3. The second-order valence-electron chi connectivity index (χ2n) is 12.0. The molecule has 6 atom stereocenters. The lowest BCUT2D eigenvalue weighted by molar-refractivity contribution is -0.129. The number of rotatable bonds is 13. The van der Waals surface area contributed by atoms with Crippen molar-refractivity contribution in [2.24, 2.45) is 10.8 Å². The summed E-state index contributed by atoms with van der Waals surface area (Å²) in [5.41, 5.74) is 8.97. The zero-order chi connectivity index (χ0) is 30.9. The largest absolute Gasteiger partial charge is 0.477 e. The number of carbonyl (C=O) groups excluding carboxylic acids is 1. The molecule has 1 aliphatic heterocycles. The van der Waals surface area contributed by atoms with Crippen LogP contribution in [0.3, 0.4) is 0 Å². The Morgan fingerprint density at radius 2 is 1.34 bits per heavy atom. The average Bonchev–Trinajstić information content (AvgIpc) is 3.36. The molecule has 2 saturated carbocycles. The molecule has 10 heteroatoms. The summed E-state index contributed by atoms with van der Waals surface area (Å²) in [6.07, 6.45) is 7.52. The van der Waals surface area contributed by atoms with Gasteiger partial charge in [-0.1, -0.05) is 92.9 Å². The third-order valence-corrected chi connectivity index (χ3v) is 8.83. The van der Waals surface area contributed by atoms with Gasteiger partial charge in [-0.25, -0.2) is 4.79 Å². The highest BCUT2D eigenvalue weighted by atomic mass is 16.5. The minimum absolute atomic E-state index is 0.0125. The van der Waals surface area contributed by atoms with Crippen LogP contribution >= 0.6 is 0 Å². The number of ether oxygens (including phenoxy) is 2. The van der Waals surface area contributed by atoms with Crippen LogP contribution in [0, 0.1) is 0 Å². The van der Waals surface area contributed by atoms with Crippen LogP contribution in [0.5, 0.6) is 0 Å². The lowest BCUT2D eigenvalue weighted by Crippen LogP contribution is -2.54. The predicted octanol–water partition coefficient (Wildman–Crippen LogP) is 3.71. The Balaban J connectivity index is 1.21. The number of hydrogen-bond acceptors (Lipinski definition) is 8. The Kier molecular flexibility index (Phi) is 11.0. The second-order valence-corrected chi connectivity index (χ2v) is 12.0. The molecule has 0 saturated heterocycles. The van der Waals surface area contributed by atoms with Crippen LogP contribution in [-0.2, 0) is 32.3 Å². The number of aliphatic carboxylic acids is 1. The molecule has 2 fully saturated rings. The van der Waals surface area contributed by atoms with Crippen molar-refractivity contribution in [3.05, 3.63) is 84.1 Å². The lowest BCUT2D eigenvalue weighted by atomic mass is 9.91. The van der Waals surface area contributed by atoms with Crippen LogP contribution in [0.4, 0.5) is 0 Å². The quantitative estimate of drug-likeness (QED) is 0.272. The van der Waals surface area contributed by atoms with E-state index in [-0.39, 0.29) is 42.5 Å². The van der Waals surface area contributed by atoms with Crippen molar-refractivity contribution in [3.63, 3.8) is 0 Å². The van der Waals surface area contributed by atoms with Gasteiger partial charge in [0.1, 0.15) is 12.6 Å². The molecule has 236 valence electrons. The average molecular weight is 604 g/mol. The van der Waals surface area contributed by atoms with Gasteiger partial charge in [0.15, 0.2) is 5.71 Å². The third kappa shape index (κ3) is 8.25. The highest BCUT2D eigenvalue weighted by molar-refractivity contribution is 6.38. The molecule has 10 nitrogen and oxygen atoms in total. The molecule has 2 aliphatic carbocycles. The van der Waals surface area contributed by atoms with Crippen LogP contribution in [-0.4, -0.2) is 70.6 Å².